The van der Waals surface area contributed by atoms with E-state index < -0.39 is 6.04 Å². The first kappa shape index (κ1) is 19.7. The van der Waals surface area contributed by atoms with Gasteiger partial charge in [-0.05, 0) is 42.2 Å². The van der Waals surface area contributed by atoms with Gasteiger partial charge in [0, 0.05) is 16.1 Å². The van der Waals surface area contributed by atoms with Crippen LogP contribution in [0.2, 0.25) is 0 Å². The quantitative estimate of drug-likeness (QED) is 0.413. The number of thioether (sulfide) groups is 1. The highest BCUT2D eigenvalue weighted by molar-refractivity contribution is 7.98. The zero-order chi connectivity index (χ0) is 20.8. The summed E-state index contributed by atoms with van der Waals surface area (Å²) in [5.41, 5.74) is 2.37. The van der Waals surface area contributed by atoms with Crippen molar-refractivity contribution in [2.24, 2.45) is 0 Å². The van der Waals surface area contributed by atoms with Crippen molar-refractivity contribution in [2.45, 2.75) is 10.9 Å². The highest BCUT2D eigenvalue weighted by atomic mass is 32.2. The van der Waals surface area contributed by atoms with Crippen molar-refractivity contribution in [1.82, 2.24) is 15.5 Å². The number of carbonyl (C=O) groups is 1. The second-order valence-corrected chi connectivity index (χ2v) is 7.37. The second kappa shape index (κ2) is 9.28. The summed E-state index contributed by atoms with van der Waals surface area (Å²) < 4.78 is 5.91. The van der Waals surface area contributed by atoms with E-state index in [1.165, 1.54) is 0 Å². The Morgan fingerprint density at radius 3 is 2.40 bits per heavy atom. The molecule has 30 heavy (non-hydrogen) atoms. The smallest absolute Gasteiger partial charge is 0.320 e. The van der Waals surface area contributed by atoms with Crippen LogP contribution in [0, 0.1) is 0 Å². The lowest BCUT2D eigenvalue weighted by atomic mass is 10.1. The molecule has 6 nitrogen and oxygen atoms in total. The molecular formula is C23H20N4O2S. The largest absolute Gasteiger partial charge is 0.418 e. The third-order valence-corrected chi connectivity index (χ3v) is 5.17. The van der Waals surface area contributed by atoms with Gasteiger partial charge in [-0.1, -0.05) is 54.6 Å². The van der Waals surface area contributed by atoms with Crippen LogP contribution in [-0.2, 0) is 0 Å². The SMILES string of the molecule is CSc1cccc(NC(=O)N[C@@H](c2ccccc2)c2nnc(-c3ccccc3)o2)c1. The van der Waals surface area contributed by atoms with Gasteiger partial charge in [0.1, 0.15) is 6.04 Å². The molecule has 3 aromatic carbocycles. The topological polar surface area (TPSA) is 80.0 Å². The molecule has 2 N–H and O–H groups in total. The summed E-state index contributed by atoms with van der Waals surface area (Å²) in [6.45, 7) is 0. The Morgan fingerprint density at radius 2 is 1.67 bits per heavy atom. The van der Waals surface area contributed by atoms with Crippen molar-refractivity contribution in [3.8, 4) is 11.5 Å². The molecule has 0 fully saturated rings. The van der Waals surface area contributed by atoms with Gasteiger partial charge < -0.3 is 15.1 Å². The molecule has 150 valence electrons. The summed E-state index contributed by atoms with van der Waals surface area (Å²) >= 11 is 1.61. The van der Waals surface area contributed by atoms with Gasteiger partial charge in [-0.3, -0.25) is 0 Å². The van der Waals surface area contributed by atoms with Crippen LogP contribution in [0.3, 0.4) is 0 Å². The highest BCUT2D eigenvalue weighted by Gasteiger charge is 2.23. The van der Waals surface area contributed by atoms with E-state index in [2.05, 4.69) is 20.8 Å². The predicted molar refractivity (Wildman–Crippen MR) is 118 cm³/mol. The zero-order valence-corrected chi connectivity index (χ0v) is 17.1. The van der Waals surface area contributed by atoms with Gasteiger partial charge in [0.2, 0.25) is 11.8 Å². The number of nitrogens with zero attached hydrogens (tertiary/aromatic N) is 2. The van der Waals surface area contributed by atoms with Crippen LogP contribution in [0.4, 0.5) is 10.5 Å². The number of urea groups is 1. The van der Waals surface area contributed by atoms with Crippen molar-refractivity contribution >= 4 is 23.5 Å². The standard InChI is InChI=1S/C23H20N4O2S/c1-30-19-14-8-13-18(15-19)24-23(28)25-20(16-9-4-2-5-10-16)22-27-26-21(29-22)17-11-6-3-7-12-17/h2-15,20H,1H3,(H2,24,25,28)/t20-/m0/s1. The van der Waals surface area contributed by atoms with Gasteiger partial charge in [0.25, 0.3) is 0 Å². The Hall–Kier alpha value is -3.58. The van der Waals surface area contributed by atoms with Gasteiger partial charge in [0.05, 0.1) is 0 Å². The molecule has 0 saturated carbocycles. The normalized spacial score (nSPS) is 11.6. The summed E-state index contributed by atoms with van der Waals surface area (Å²) in [4.78, 5) is 13.8. The molecular weight excluding hydrogens is 396 g/mol. The van der Waals surface area contributed by atoms with Crippen molar-refractivity contribution in [2.75, 3.05) is 11.6 Å². The number of rotatable bonds is 6. The van der Waals surface area contributed by atoms with Gasteiger partial charge in [-0.15, -0.1) is 22.0 Å². The lowest BCUT2D eigenvalue weighted by Crippen LogP contribution is -2.33. The minimum Gasteiger partial charge on any atom is -0.418 e. The van der Waals surface area contributed by atoms with Gasteiger partial charge >= 0.3 is 6.03 Å². The third kappa shape index (κ3) is 4.69. The number of aromatic nitrogens is 2. The van der Waals surface area contributed by atoms with Crippen LogP contribution in [0.15, 0.2) is 94.2 Å². The predicted octanol–water partition coefficient (Wildman–Crippen LogP) is 5.37. The average Bonchev–Trinajstić information content (AvgIpc) is 3.29. The molecule has 0 aliphatic heterocycles. The highest BCUT2D eigenvalue weighted by Crippen LogP contribution is 2.25. The fourth-order valence-electron chi connectivity index (χ4n) is 2.98. The maximum Gasteiger partial charge on any atom is 0.320 e. The molecule has 0 spiro atoms. The fraction of sp³-hybridized carbons (Fsp3) is 0.0870. The first-order chi connectivity index (χ1) is 14.7. The maximum absolute atomic E-state index is 12.7. The van der Waals surface area contributed by atoms with E-state index in [-0.39, 0.29) is 6.03 Å². The van der Waals surface area contributed by atoms with E-state index in [0.717, 1.165) is 16.0 Å². The van der Waals surface area contributed by atoms with Crippen molar-refractivity contribution in [3.05, 3.63) is 96.4 Å². The van der Waals surface area contributed by atoms with Crippen LogP contribution in [0.25, 0.3) is 11.5 Å². The molecule has 0 bridgehead atoms. The van der Waals surface area contributed by atoms with Gasteiger partial charge in [0.15, 0.2) is 0 Å². The molecule has 0 aliphatic carbocycles. The van der Waals surface area contributed by atoms with E-state index in [1.807, 2.05) is 91.2 Å². The third-order valence-electron chi connectivity index (χ3n) is 4.44. The van der Waals surface area contributed by atoms with Crippen LogP contribution < -0.4 is 10.6 Å². The van der Waals surface area contributed by atoms with Crippen LogP contribution in [-0.4, -0.2) is 22.5 Å². The molecule has 1 heterocycles. The van der Waals surface area contributed by atoms with Crippen LogP contribution >= 0.6 is 11.8 Å². The van der Waals surface area contributed by atoms with Crippen molar-refractivity contribution in [3.63, 3.8) is 0 Å². The van der Waals surface area contributed by atoms with E-state index in [4.69, 9.17) is 4.42 Å². The number of anilines is 1. The van der Waals surface area contributed by atoms with Gasteiger partial charge in [-0.2, -0.15) is 0 Å². The molecule has 7 heteroatoms. The maximum atomic E-state index is 12.7. The Labute approximate surface area is 178 Å². The summed E-state index contributed by atoms with van der Waals surface area (Å²) in [5, 5.41) is 14.2. The number of hydrogen-bond donors (Lipinski definition) is 2. The van der Waals surface area contributed by atoms with Crippen molar-refractivity contribution < 1.29 is 9.21 Å². The molecule has 0 saturated heterocycles. The minimum absolute atomic E-state index is 0.313. The first-order valence-corrected chi connectivity index (χ1v) is 10.6. The first-order valence-electron chi connectivity index (χ1n) is 9.38. The average molecular weight is 417 g/mol. The molecule has 1 atom stereocenters. The van der Waals surface area contributed by atoms with Gasteiger partial charge in [-0.25, -0.2) is 4.79 Å². The summed E-state index contributed by atoms with van der Waals surface area (Å²) in [6, 6.07) is 25.8. The number of hydrogen-bond acceptors (Lipinski definition) is 5. The van der Waals surface area contributed by atoms with E-state index in [9.17, 15) is 4.79 Å². The fourth-order valence-corrected chi connectivity index (χ4v) is 3.44. The summed E-state index contributed by atoms with van der Waals surface area (Å²) in [6.07, 6.45) is 1.99. The van der Waals surface area contributed by atoms with E-state index >= 15 is 0 Å². The number of amides is 2. The monoisotopic (exact) mass is 416 g/mol. The van der Waals surface area contributed by atoms with Crippen LogP contribution in [0.1, 0.15) is 17.5 Å². The van der Waals surface area contributed by atoms with E-state index in [1.54, 1.807) is 11.8 Å². The van der Waals surface area contributed by atoms with Crippen molar-refractivity contribution in [1.29, 1.82) is 0 Å². The Kier molecular flexibility index (Phi) is 6.10. The molecule has 0 aliphatic rings. The zero-order valence-electron chi connectivity index (χ0n) is 16.3. The molecule has 0 unspecified atom stereocenters. The summed E-state index contributed by atoms with van der Waals surface area (Å²) in [7, 11) is 0. The van der Waals surface area contributed by atoms with Crippen LogP contribution in [0.5, 0.6) is 0 Å². The number of carbonyl (C=O) groups excluding carboxylic acids is 1. The lowest BCUT2D eigenvalue weighted by molar-refractivity contribution is 0.248. The summed E-state index contributed by atoms with van der Waals surface area (Å²) in [5.74, 6) is 0.717. The number of benzene rings is 3. The Bertz CT molecular complexity index is 1120. The molecule has 0 radical (unpaired) electrons. The second-order valence-electron chi connectivity index (χ2n) is 6.49. The minimum atomic E-state index is -0.583. The molecule has 2 amide bonds. The number of nitrogens with one attached hydrogen (secondary N) is 2. The Morgan fingerprint density at radius 1 is 0.933 bits per heavy atom. The molecule has 1 aromatic heterocycles. The molecule has 4 rings (SSSR count). The molecule has 4 aromatic rings. The lowest BCUT2D eigenvalue weighted by Gasteiger charge is -2.16. The van der Waals surface area contributed by atoms with E-state index in [0.29, 0.717) is 17.5 Å². The Balaban J connectivity index is 1.58.